The Balaban J connectivity index is 1.57. The van der Waals surface area contributed by atoms with Crippen molar-refractivity contribution in [3.8, 4) is 0 Å². The van der Waals surface area contributed by atoms with E-state index >= 15 is 0 Å². The van der Waals surface area contributed by atoms with Gasteiger partial charge in [0.2, 0.25) is 0 Å². The van der Waals surface area contributed by atoms with Gasteiger partial charge in [0.1, 0.15) is 5.82 Å². The molecule has 1 atom stereocenters. The molecule has 28 heavy (non-hydrogen) atoms. The van der Waals surface area contributed by atoms with Crippen molar-refractivity contribution in [3.05, 3.63) is 23.9 Å². The van der Waals surface area contributed by atoms with Crippen LogP contribution in [0.5, 0.6) is 0 Å². The van der Waals surface area contributed by atoms with Gasteiger partial charge in [0.25, 0.3) is 5.91 Å². The molecular formula is C21H32N4O3. The smallest absolute Gasteiger partial charge is 0.317 e. The quantitative estimate of drug-likeness (QED) is 0.834. The molecule has 3 rings (SSSR count). The molecule has 1 N–H and O–H groups in total. The summed E-state index contributed by atoms with van der Waals surface area (Å²) in [5.41, 5.74) is 0.631. The number of carboxylic acid groups (broad SMARTS) is 1. The number of likely N-dealkylation sites (N-methyl/N-ethyl adjacent to an activating group) is 1. The summed E-state index contributed by atoms with van der Waals surface area (Å²) in [7, 11) is 1.85. The van der Waals surface area contributed by atoms with Gasteiger partial charge in [0, 0.05) is 38.4 Å². The van der Waals surface area contributed by atoms with Crippen LogP contribution in [0.3, 0.4) is 0 Å². The number of carbonyl (C=O) groups is 2. The van der Waals surface area contributed by atoms with Gasteiger partial charge in [-0.25, -0.2) is 4.98 Å². The molecule has 0 spiro atoms. The Hall–Kier alpha value is -2.15. The molecule has 1 aromatic rings. The van der Waals surface area contributed by atoms with E-state index in [1.807, 2.05) is 29.0 Å². The minimum atomic E-state index is -0.811. The molecule has 2 saturated heterocycles. The van der Waals surface area contributed by atoms with Gasteiger partial charge in [-0.3, -0.25) is 14.5 Å². The van der Waals surface area contributed by atoms with Crippen LogP contribution in [0.4, 0.5) is 5.82 Å². The first-order valence-electron chi connectivity index (χ1n) is 10.4. The number of aromatic nitrogens is 1. The number of anilines is 1. The lowest BCUT2D eigenvalue weighted by Gasteiger charge is -2.31. The number of hydrogen-bond donors (Lipinski definition) is 1. The molecule has 2 aliphatic rings. The van der Waals surface area contributed by atoms with Gasteiger partial charge in [-0.05, 0) is 57.2 Å². The van der Waals surface area contributed by atoms with Gasteiger partial charge in [-0.2, -0.15) is 0 Å². The molecule has 7 nitrogen and oxygen atoms in total. The van der Waals surface area contributed by atoms with Crippen molar-refractivity contribution in [1.29, 1.82) is 0 Å². The summed E-state index contributed by atoms with van der Waals surface area (Å²) in [5.74, 6) is 0.940. The van der Waals surface area contributed by atoms with Crippen LogP contribution in [-0.4, -0.2) is 77.6 Å². The fraction of sp³-hybridized carbons (Fsp3) is 0.667. The maximum atomic E-state index is 12.9. The number of rotatable bonds is 5. The highest BCUT2D eigenvalue weighted by molar-refractivity contribution is 5.94. The number of aliphatic carboxylic acids is 1. The first-order chi connectivity index (χ1) is 13.4. The molecule has 3 heterocycles. The highest BCUT2D eigenvalue weighted by Gasteiger charge is 2.25. The summed E-state index contributed by atoms with van der Waals surface area (Å²) in [6.45, 7) is 5.75. The number of carbonyl (C=O) groups excluding carboxylic acids is 1. The van der Waals surface area contributed by atoms with E-state index in [2.05, 4.69) is 16.8 Å². The molecule has 0 aromatic carbocycles. The van der Waals surface area contributed by atoms with Crippen LogP contribution in [0.2, 0.25) is 0 Å². The van der Waals surface area contributed by atoms with Crippen molar-refractivity contribution >= 4 is 17.7 Å². The topological polar surface area (TPSA) is 77.0 Å². The van der Waals surface area contributed by atoms with E-state index in [4.69, 9.17) is 5.11 Å². The van der Waals surface area contributed by atoms with Crippen molar-refractivity contribution in [2.45, 2.75) is 45.1 Å². The predicted octanol–water partition coefficient (Wildman–Crippen LogP) is 2.33. The molecule has 1 aromatic heterocycles. The summed E-state index contributed by atoms with van der Waals surface area (Å²) in [4.78, 5) is 34.4. The van der Waals surface area contributed by atoms with Crippen LogP contribution >= 0.6 is 0 Å². The Morgan fingerprint density at radius 3 is 2.54 bits per heavy atom. The Bertz CT molecular complexity index is 671. The number of amides is 1. The number of carboxylic acids is 1. The van der Waals surface area contributed by atoms with Crippen molar-refractivity contribution in [3.63, 3.8) is 0 Å². The largest absolute Gasteiger partial charge is 0.480 e. The number of pyridine rings is 1. The van der Waals surface area contributed by atoms with E-state index in [0.717, 1.165) is 44.1 Å². The van der Waals surface area contributed by atoms with E-state index < -0.39 is 5.97 Å². The first kappa shape index (κ1) is 20.6. The lowest BCUT2D eigenvalue weighted by molar-refractivity contribution is -0.138. The van der Waals surface area contributed by atoms with Gasteiger partial charge in [-0.15, -0.1) is 0 Å². The van der Waals surface area contributed by atoms with Crippen molar-refractivity contribution in [2.24, 2.45) is 5.92 Å². The van der Waals surface area contributed by atoms with Gasteiger partial charge in [0.05, 0.1) is 12.1 Å². The van der Waals surface area contributed by atoms with Crippen LogP contribution in [0.1, 0.15) is 49.4 Å². The SMILES string of the molecule is CC1CCN(c2ccc(C(=O)N3CCCC(N(C)CC(=O)O)CC3)cn2)CC1. The third-order valence-corrected chi connectivity index (χ3v) is 6.10. The molecule has 154 valence electrons. The average Bonchev–Trinajstić information content (AvgIpc) is 2.94. The van der Waals surface area contributed by atoms with Crippen LogP contribution < -0.4 is 4.90 Å². The molecule has 2 fully saturated rings. The van der Waals surface area contributed by atoms with Gasteiger partial charge in [0.15, 0.2) is 0 Å². The summed E-state index contributed by atoms with van der Waals surface area (Å²) in [6, 6.07) is 4.06. The number of likely N-dealkylation sites (tertiary alicyclic amines) is 1. The molecular weight excluding hydrogens is 356 g/mol. The Kier molecular flexibility index (Phi) is 6.88. The highest BCUT2D eigenvalue weighted by atomic mass is 16.4. The zero-order valence-corrected chi connectivity index (χ0v) is 17.0. The summed E-state index contributed by atoms with van der Waals surface area (Å²) >= 11 is 0. The molecule has 2 aliphatic heterocycles. The molecule has 1 amide bonds. The zero-order valence-electron chi connectivity index (χ0n) is 17.0. The monoisotopic (exact) mass is 388 g/mol. The van der Waals surface area contributed by atoms with Crippen molar-refractivity contribution in [2.75, 3.05) is 44.7 Å². The average molecular weight is 389 g/mol. The fourth-order valence-corrected chi connectivity index (χ4v) is 4.18. The van der Waals surface area contributed by atoms with Gasteiger partial charge in [-0.1, -0.05) is 6.92 Å². The summed E-state index contributed by atoms with van der Waals surface area (Å²) < 4.78 is 0. The fourth-order valence-electron chi connectivity index (χ4n) is 4.18. The second-order valence-electron chi connectivity index (χ2n) is 8.26. The van der Waals surface area contributed by atoms with Gasteiger partial charge >= 0.3 is 5.97 Å². The maximum Gasteiger partial charge on any atom is 0.317 e. The van der Waals surface area contributed by atoms with Crippen LogP contribution in [0, 0.1) is 5.92 Å². The Morgan fingerprint density at radius 1 is 1.14 bits per heavy atom. The summed E-state index contributed by atoms with van der Waals surface area (Å²) in [5, 5.41) is 8.99. The molecule has 7 heteroatoms. The van der Waals surface area contributed by atoms with E-state index in [9.17, 15) is 9.59 Å². The Labute approximate surface area is 167 Å². The van der Waals surface area contributed by atoms with Crippen LogP contribution in [0.25, 0.3) is 0 Å². The predicted molar refractivity (Wildman–Crippen MR) is 109 cm³/mol. The second-order valence-corrected chi connectivity index (χ2v) is 8.26. The minimum absolute atomic E-state index is 0.0212. The first-order valence-corrected chi connectivity index (χ1v) is 10.4. The van der Waals surface area contributed by atoms with E-state index in [1.165, 1.54) is 12.8 Å². The van der Waals surface area contributed by atoms with Crippen LogP contribution in [0.15, 0.2) is 18.3 Å². The molecule has 1 unspecified atom stereocenters. The lowest BCUT2D eigenvalue weighted by atomic mass is 9.99. The number of hydrogen-bond acceptors (Lipinski definition) is 5. The third kappa shape index (κ3) is 5.22. The van der Waals surface area contributed by atoms with E-state index in [-0.39, 0.29) is 18.5 Å². The van der Waals surface area contributed by atoms with Crippen molar-refractivity contribution < 1.29 is 14.7 Å². The Morgan fingerprint density at radius 2 is 1.89 bits per heavy atom. The molecule has 0 radical (unpaired) electrons. The van der Waals surface area contributed by atoms with E-state index in [0.29, 0.717) is 18.7 Å². The van der Waals surface area contributed by atoms with E-state index in [1.54, 1.807) is 6.20 Å². The maximum absolute atomic E-state index is 12.9. The highest BCUT2D eigenvalue weighted by Crippen LogP contribution is 2.22. The standard InChI is InChI=1S/C21H32N4O3/c1-16-7-11-24(12-8-16)19-6-5-17(14-22-19)21(28)25-10-3-4-18(9-13-25)23(2)15-20(26)27/h5-6,14,16,18H,3-4,7-13,15H2,1-2H3,(H,26,27). The zero-order chi connectivity index (χ0) is 20.1. The normalized spacial score (nSPS) is 21.6. The minimum Gasteiger partial charge on any atom is -0.480 e. The second kappa shape index (κ2) is 9.37. The molecule has 0 saturated carbocycles. The van der Waals surface area contributed by atoms with Crippen LogP contribution in [-0.2, 0) is 4.79 Å². The molecule has 0 aliphatic carbocycles. The number of nitrogens with zero attached hydrogens (tertiary/aromatic N) is 4. The third-order valence-electron chi connectivity index (χ3n) is 6.10. The number of piperidine rings is 1. The van der Waals surface area contributed by atoms with Gasteiger partial charge < -0.3 is 14.9 Å². The lowest BCUT2D eigenvalue weighted by Crippen LogP contribution is -2.37. The summed E-state index contributed by atoms with van der Waals surface area (Å²) in [6.07, 6.45) is 6.68. The van der Waals surface area contributed by atoms with Crippen molar-refractivity contribution in [1.82, 2.24) is 14.8 Å². The molecule has 0 bridgehead atoms.